The summed E-state index contributed by atoms with van der Waals surface area (Å²) in [5.74, 6) is -0.246. The minimum absolute atomic E-state index is 0.246. The van der Waals surface area contributed by atoms with Gasteiger partial charge in [0.15, 0.2) is 0 Å². The van der Waals surface area contributed by atoms with Crippen LogP contribution in [0.5, 0.6) is 0 Å². The average molecular weight is 389 g/mol. The van der Waals surface area contributed by atoms with Gasteiger partial charge in [-0.05, 0) is 29.8 Å². The molecule has 5 nitrogen and oxygen atoms in total. The maximum absolute atomic E-state index is 12.4. The molecule has 0 fully saturated rings. The van der Waals surface area contributed by atoms with E-state index in [4.69, 9.17) is 23.2 Å². The molecule has 1 aromatic heterocycles. The Morgan fingerprint density at radius 1 is 1.15 bits per heavy atom. The molecule has 0 atom stereocenters. The first-order chi connectivity index (χ1) is 12.4. The Morgan fingerprint density at radius 2 is 1.92 bits per heavy atom. The second-order valence-electron chi connectivity index (χ2n) is 6.03. The number of anilines is 2. The van der Waals surface area contributed by atoms with Gasteiger partial charge >= 0.3 is 0 Å². The van der Waals surface area contributed by atoms with Crippen molar-refractivity contribution >= 4 is 40.5 Å². The van der Waals surface area contributed by atoms with Gasteiger partial charge < -0.3 is 10.2 Å². The Morgan fingerprint density at radius 3 is 2.62 bits per heavy atom. The Kier molecular flexibility index (Phi) is 5.49. The van der Waals surface area contributed by atoms with Crippen LogP contribution in [0.25, 0.3) is 0 Å². The third kappa shape index (κ3) is 4.18. The number of nitrogens with one attached hydrogen (secondary N) is 1. The largest absolute Gasteiger partial charge is 0.376 e. The topological polar surface area (TPSA) is 50.2 Å². The Hall–Kier alpha value is -2.50. The van der Waals surface area contributed by atoms with E-state index in [1.54, 1.807) is 16.9 Å². The van der Waals surface area contributed by atoms with E-state index in [1.807, 2.05) is 55.4 Å². The number of amides is 1. The molecular formula is C19H18Cl2N4O. The molecule has 0 aliphatic carbocycles. The molecule has 0 spiro atoms. The summed E-state index contributed by atoms with van der Waals surface area (Å²) in [6, 6.07) is 12.9. The predicted molar refractivity (Wildman–Crippen MR) is 107 cm³/mol. The molecule has 134 valence electrons. The second-order valence-corrected chi connectivity index (χ2v) is 6.85. The fraction of sp³-hybridized carbons (Fsp3) is 0.158. The molecule has 2 aromatic carbocycles. The lowest BCUT2D eigenvalue weighted by molar-refractivity contribution is 0.102. The molecule has 3 rings (SSSR count). The van der Waals surface area contributed by atoms with E-state index in [9.17, 15) is 4.79 Å². The molecule has 0 saturated heterocycles. The van der Waals surface area contributed by atoms with Gasteiger partial charge in [-0.3, -0.25) is 9.48 Å². The van der Waals surface area contributed by atoms with E-state index >= 15 is 0 Å². The van der Waals surface area contributed by atoms with Crippen molar-refractivity contribution in [1.82, 2.24) is 9.78 Å². The van der Waals surface area contributed by atoms with Crippen molar-refractivity contribution in [2.45, 2.75) is 6.54 Å². The highest BCUT2D eigenvalue weighted by molar-refractivity contribution is 6.33. The van der Waals surface area contributed by atoms with E-state index in [2.05, 4.69) is 10.4 Å². The normalized spacial score (nSPS) is 10.6. The third-order valence-electron chi connectivity index (χ3n) is 3.87. The van der Waals surface area contributed by atoms with Crippen molar-refractivity contribution in [2.75, 3.05) is 24.3 Å². The lowest BCUT2D eigenvalue weighted by Gasteiger charge is -2.15. The smallest absolute Gasteiger partial charge is 0.258 e. The number of hydrogen-bond donors (Lipinski definition) is 1. The van der Waals surface area contributed by atoms with Crippen LogP contribution in [0.15, 0.2) is 54.9 Å². The Labute approximate surface area is 162 Å². The van der Waals surface area contributed by atoms with Crippen molar-refractivity contribution in [3.05, 3.63) is 76.0 Å². The molecule has 0 saturated carbocycles. The van der Waals surface area contributed by atoms with Crippen molar-refractivity contribution < 1.29 is 4.79 Å². The summed E-state index contributed by atoms with van der Waals surface area (Å²) in [5.41, 5.74) is 2.92. The minimum atomic E-state index is -0.246. The monoisotopic (exact) mass is 388 g/mol. The quantitative estimate of drug-likeness (QED) is 0.696. The molecule has 7 heteroatoms. The van der Waals surface area contributed by atoms with Gasteiger partial charge in [-0.15, -0.1) is 0 Å². The highest BCUT2D eigenvalue weighted by atomic mass is 35.5. The summed E-state index contributed by atoms with van der Waals surface area (Å²) in [4.78, 5) is 14.3. The second kappa shape index (κ2) is 7.81. The molecule has 1 amide bonds. The summed E-state index contributed by atoms with van der Waals surface area (Å²) in [7, 11) is 3.82. The number of carbonyl (C=O) groups excluding carboxylic acids is 1. The first kappa shape index (κ1) is 18.3. The number of nitrogens with zero attached hydrogens (tertiary/aromatic N) is 3. The van der Waals surface area contributed by atoms with E-state index in [0.29, 0.717) is 27.8 Å². The Bertz CT molecular complexity index is 937. The van der Waals surface area contributed by atoms with Crippen molar-refractivity contribution in [1.29, 1.82) is 0 Å². The van der Waals surface area contributed by atoms with E-state index < -0.39 is 0 Å². The van der Waals surface area contributed by atoms with E-state index in [0.717, 1.165) is 11.3 Å². The van der Waals surface area contributed by atoms with Gasteiger partial charge in [0.2, 0.25) is 0 Å². The molecule has 0 radical (unpaired) electrons. The molecular weight excluding hydrogens is 371 g/mol. The first-order valence-electron chi connectivity index (χ1n) is 7.98. The highest BCUT2D eigenvalue weighted by Gasteiger charge is 2.11. The average Bonchev–Trinajstić information content (AvgIpc) is 3.05. The number of benzene rings is 2. The van der Waals surface area contributed by atoms with Gasteiger partial charge in [-0.25, -0.2) is 0 Å². The summed E-state index contributed by atoms with van der Waals surface area (Å²) < 4.78 is 1.68. The van der Waals surface area contributed by atoms with E-state index in [1.165, 1.54) is 6.20 Å². The van der Waals surface area contributed by atoms with Crippen molar-refractivity contribution in [3.8, 4) is 0 Å². The highest BCUT2D eigenvalue weighted by Crippen LogP contribution is 2.27. The number of rotatable bonds is 5. The number of carbonyl (C=O) groups is 1. The molecule has 0 unspecified atom stereocenters. The van der Waals surface area contributed by atoms with E-state index in [-0.39, 0.29) is 5.91 Å². The van der Waals surface area contributed by atoms with Crippen LogP contribution in [0.3, 0.4) is 0 Å². The van der Waals surface area contributed by atoms with Crippen molar-refractivity contribution in [3.63, 3.8) is 0 Å². The molecule has 1 N–H and O–H groups in total. The Balaban J connectivity index is 1.70. The summed E-state index contributed by atoms with van der Waals surface area (Å²) in [6.07, 6.45) is 3.22. The summed E-state index contributed by atoms with van der Waals surface area (Å²) in [6.45, 7) is 0.496. The van der Waals surface area contributed by atoms with Gasteiger partial charge in [-0.1, -0.05) is 41.4 Å². The van der Waals surface area contributed by atoms with Gasteiger partial charge in [0, 0.05) is 31.0 Å². The molecule has 3 aromatic rings. The van der Waals surface area contributed by atoms with Gasteiger partial charge in [0.25, 0.3) is 5.91 Å². The van der Waals surface area contributed by atoms with Crippen LogP contribution < -0.4 is 10.2 Å². The van der Waals surface area contributed by atoms with Gasteiger partial charge in [0.1, 0.15) is 0 Å². The summed E-state index contributed by atoms with van der Waals surface area (Å²) >= 11 is 12.4. The van der Waals surface area contributed by atoms with Crippen LogP contribution in [-0.4, -0.2) is 29.8 Å². The predicted octanol–water partition coefficient (Wildman–Crippen LogP) is 4.56. The third-order valence-corrected chi connectivity index (χ3v) is 4.54. The van der Waals surface area contributed by atoms with Crippen LogP contribution in [-0.2, 0) is 6.54 Å². The van der Waals surface area contributed by atoms with Crippen LogP contribution in [0.1, 0.15) is 15.9 Å². The first-order valence-corrected chi connectivity index (χ1v) is 8.73. The lowest BCUT2D eigenvalue weighted by Crippen LogP contribution is -2.12. The zero-order valence-corrected chi connectivity index (χ0v) is 15.9. The SMILES string of the molecule is CN(C)c1ccc(NC(=O)c2cnn(Cc3ccccc3Cl)c2)cc1Cl. The lowest BCUT2D eigenvalue weighted by atomic mass is 10.2. The van der Waals surface area contributed by atoms with Crippen LogP contribution >= 0.6 is 23.2 Å². The molecule has 0 bridgehead atoms. The van der Waals surface area contributed by atoms with Gasteiger partial charge in [-0.2, -0.15) is 5.10 Å². The maximum Gasteiger partial charge on any atom is 0.258 e. The maximum atomic E-state index is 12.4. The molecule has 26 heavy (non-hydrogen) atoms. The fourth-order valence-corrected chi connectivity index (χ4v) is 3.06. The van der Waals surface area contributed by atoms with Gasteiger partial charge in [0.05, 0.1) is 29.0 Å². The molecule has 0 aliphatic heterocycles. The molecule has 1 heterocycles. The molecule has 0 aliphatic rings. The zero-order valence-electron chi connectivity index (χ0n) is 14.4. The van der Waals surface area contributed by atoms with Crippen LogP contribution in [0.4, 0.5) is 11.4 Å². The number of aromatic nitrogens is 2. The summed E-state index contributed by atoms with van der Waals surface area (Å²) in [5, 5.41) is 8.31. The fourth-order valence-electron chi connectivity index (χ4n) is 2.52. The van der Waals surface area contributed by atoms with Crippen LogP contribution in [0, 0.1) is 0 Å². The van der Waals surface area contributed by atoms with Crippen LogP contribution in [0.2, 0.25) is 10.0 Å². The standard InChI is InChI=1S/C19H18Cl2N4O/c1-24(2)18-8-7-15(9-17(18)21)23-19(26)14-10-22-25(12-14)11-13-5-3-4-6-16(13)20/h3-10,12H,11H2,1-2H3,(H,23,26). The number of halogens is 2. The van der Waals surface area contributed by atoms with Crippen molar-refractivity contribution in [2.24, 2.45) is 0 Å². The minimum Gasteiger partial charge on any atom is -0.376 e. The number of hydrogen-bond acceptors (Lipinski definition) is 3. The zero-order chi connectivity index (χ0) is 18.7.